The van der Waals surface area contributed by atoms with Crippen molar-refractivity contribution >= 4 is 0 Å². The predicted octanol–water partition coefficient (Wildman–Crippen LogP) is 3.88. The molecule has 2 saturated carbocycles. The van der Waals surface area contributed by atoms with Crippen molar-refractivity contribution in [1.29, 1.82) is 0 Å². The molecule has 1 atom stereocenters. The van der Waals surface area contributed by atoms with Crippen LogP contribution < -0.4 is 5.32 Å². The summed E-state index contributed by atoms with van der Waals surface area (Å²) < 4.78 is 0. The molecule has 0 amide bonds. The minimum Gasteiger partial charge on any atom is -0.389 e. The fraction of sp³-hybridized carbons (Fsp3) is 1.00. The van der Waals surface area contributed by atoms with Crippen LogP contribution in [0.4, 0.5) is 0 Å². The second-order valence-corrected chi connectivity index (χ2v) is 8.73. The van der Waals surface area contributed by atoms with Crippen LogP contribution in [0.1, 0.15) is 79.1 Å². The minimum absolute atomic E-state index is 0.430. The van der Waals surface area contributed by atoms with Gasteiger partial charge in [-0.2, -0.15) is 0 Å². The van der Waals surface area contributed by atoms with Crippen molar-refractivity contribution in [3.05, 3.63) is 0 Å². The molecule has 0 heterocycles. The highest BCUT2D eigenvalue weighted by Gasteiger charge is 2.37. The van der Waals surface area contributed by atoms with Crippen LogP contribution in [0.5, 0.6) is 0 Å². The Morgan fingerprint density at radius 3 is 2.16 bits per heavy atom. The predicted molar refractivity (Wildman–Crippen MR) is 81.2 cm³/mol. The van der Waals surface area contributed by atoms with Crippen LogP contribution in [0.2, 0.25) is 0 Å². The highest BCUT2D eigenvalue weighted by atomic mass is 16.3. The molecule has 2 N–H and O–H groups in total. The number of hydrogen-bond donors (Lipinski definition) is 2. The van der Waals surface area contributed by atoms with Gasteiger partial charge in [0.25, 0.3) is 0 Å². The molecule has 1 unspecified atom stereocenters. The lowest BCUT2D eigenvalue weighted by atomic mass is 9.70. The molecule has 2 aliphatic carbocycles. The van der Waals surface area contributed by atoms with E-state index in [2.05, 4.69) is 33.0 Å². The second-order valence-electron chi connectivity index (χ2n) is 8.73. The summed E-state index contributed by atoms with van der Waals surface area (Å²) >= 11 is 0. The van der Waals surface area contributed by atoms with Crippen LogP contribution >= 0.6 is 0 Å². The summed E-state index contributed by atoms with van der Waals surface area (Å²) in [6.45, 7) is 10.2. The minimum atomic E-state index is -0.447. The van der Waals surface area contributed by atoms with E-state index in [1.165, 1.54) is 25.7 Å². The Labute approximate surface area is 119 Å². The molecule has 0 radical (unpaired) electrons. The Morgan fingerprint density at radius 1 is 0.947 bits per heavy atom. The van der Waals surface area contributed by atoms with Crippen LogP contribution in [0, 0.1) is 10.8 Å². The summed E-state index contributed by atoms with van der Waals surface area (Å²) in [5, 5.41) is 14.4. The van der Waals surface area contributed by atoms with E-state index < -0.39 is 5.60 Å². The average molecular weight is 267 g/mol. The first-order chi connectivity index (χ1) is 8.70. The van der Waals surface area contributed by atoms with Gasteiger partial charge in [-0.3, -0.25) is 0 Å². The standard InChI is InChI=1S/C17H33NO/c1-15(2)8-10-17(19,11-9-15)13-18-14-6-5-7-16(3,4)12-14/h14,18-19H,5-13H2,1-4H3. The Bertz CT molecular complexity index is 298. The van der Waals surface area contributed by atoms with Gasteiger partial charge in [-0.05, 0) is 55.8 Å². The SMILES string of the molecule is CC1(C)CCC(O)(CNC2CCCC(C)(C)C2)CC1. The normalized spacial score (nSPS) is 33.0. The fourth-order valence-electron chi connectivity index (χ4n) is 3.78. The van der Waals surface area contributed by atoms with E-state index >= 15 is 0 Å². The largest absolute Gasteiger partial charge is 0.389 e. The van der Waals surface area contributed by atoms with Gasteiger partial charge in [0.15, 0.2) is 0 Å². The van der Waals surface area contributed by atoms with Gasteiger partial charge in [-0.25, -0.2) is 0 Å². The molecule has 0 spiro atoms. The van der Waals surface area contributed by atoms with E-state index in [4.69, 9.17) is 0 Å². The molecule has 19 heavy (non-hydrogen) atoms. The highest BCUT2D eigenvalue weighted by Crippen LogP contribution is 2.40. The average Bonchev–Trinajstić information content (AvgIpc) is 2.30. The maximum Gasteiger partial charge on any atom is 0.0772 e. The van der Waals surface area contributed by atoms with Gasteiger partial charge in [0, 0.05) is 12.6 Å². The lowest BCUT2D eigenvalue weighted by Gasteiger charge is -2.42. The van der Waals surface area contributed by atoms with Crippen molar-refractivity contribution < 1.29 is 5.11 Å². The molecule has 0 aromatic carbocycles. The summed E-state index contributed by atoms with van der Waals surface area (Å²) in [4.78, 5) is 0. The van der Waals surface area contributed by atoms with Crippen LogP contribution in [-0.2, 0) is 0 Å². The van der Waals surface area contributed by atoms with Gasteiger partial charge in [0.2, 0.25) is 0 Å². The number of nitrogens with one attached hydrogen (secondary N) is 1. The topological polar surface area (TPSA) is 32.3 Å². The van der Waals surface area contributed by atoms with E-state index in [1.54, 1.807) is 0 Å². The van der Waals surface area contributed by atoms with Crippen molar-refractivity contribution in [3.8, 4) is 0 Å². The molecule has 2 aliphatic rings. The fourth-order valence-corrected chi connectivity index (χ4v) is 3.78. The van der Waals surface area contributed by atoms with Gasteiger partial charge in [-0.15, -0.1) is 0 Å². The lowest BCUT2D eigenvalue weighted by Crippen LogP contribution is -2.49. The molecule has 0 aromatic heterocycles. The molecule has 0 bridgehead atoms. The van der Waals surface area contributed by atoms with Gasteiger partial charge in [0.1, 0.15) is 0 Å². The number of aliphatic hydroxyl groups is 1. The third-order valence-corrected chi connectivity index (χ3v) is 5.46. The molecule has 2 heteroatoms. The van der Waals surface area contributed by atoms with E-state index in [9.17, 15) is 5.11 Å². The zero-order valence-corrected chi connectivity index (χ0v) is 13.4. The summed E-state index contributed by atoms with van der Waals surface area (Å²) in [7, 11) is 0. The van der Waals surface area contributed by atoms with Gasteiger partial charge in [0.05, 0.1) is 5.60 Å². The molecule has 0 aliphatic heterocycles. The lowest BCUT2D eigenvalue weighted by molar-refractivity contribution is -0.0279. The third kappa shape index (κ3) is 4.46. The molecular formula is C17H33NO. The third-order valence-electron chi connectivity index (χ3n) is 5.46. The maximum atomic E-state index is 10.7. The quantitative estimate of drug-likeness (QED) is 0.813. The first kappa shape index (κ1) is 15.3. The molecular weight excluding hydrogens is 234 g/mol. The summed E-state index contributed by atoms with van der Waals surface area (Å²) in [5.41, 5.74) is 0.462. The van der Waals surface area contributed by atoms with Crippen molar-refractivity contribution in [2.75, 3.05) is 6.54 Å². The van der Waals surface area contributed by atoms with Crippen molar-refractivity contribution in [2.45, 2.75) is 90.7 Å². The zero-order valence-electron chi connectivity index (χ0n) is 13.4. The Morgan fingerprint density at radius 2 is 1.58 bits per heavy atom. The Hall–Kier alpha value is -0.0800. The molecule has 0 aromatic rings. The van der Waals surface area contributed by atoms with Crippen molar-refractivity contribution in [2.24, 2.45) is 10.8 Å². The van der Waals surface area contributed by atoms with Crippen molar-refractivity contribution in [3.63, 3.8) is 0 Å². The van der Waals surface area contributed by atoms with E-state index in [0.29, 0.717) is 16.9 Å². The smallest absolute Gasteiger partial charge is 0.0772 e. The van der Waals surface area contributed by atoms with E-state index in [-0.39, 0.29) is 0 Å². The Kier molecular flexibility index (Phi) is 4.32. The first-order valence-corrected chi connectivity index (χ1v) is 8.16. The van der Waals surface area contributed by atoms with E-state index in [1.807, 2.05) is 0 Å². The van der Waals surface area contributed by atoms with Crippen LogP contribution in [0.3, 0.4) is 0 Å². The van der Waals surface area contributed by atoms with E-state index in [0.717, 1.165) is 32.2 Å². The summed E-state index contributed by atoms with van der Waals surface area (Å²) in [6, 6.07) is 0.614. The zero-order chi connectivity index (χ0) is 14.1. The molecule has 2 nitrogen and oxygen atoms in total. The Balaban J connectivity index is 1.79. The number of hydrogen-bond acceptors (Lipinski definition) is 2. The van der Waals surface area contributed by atoms with Crippen LogP contribution in [0.15, 0.2) is 0 Å². The monoisotopic (exact) mass is 267 g/mol. The highest BCUT2D eigenvalue weighted by molar-refractivity contribution is 4.92. The summed E-state index contributed by atoms with van der Waals surface area (Å²) in [6.07, 6.45) is 9.45. The van der Waals surface area contributed by atoms with Crippen LogP contribution in [-0.4, -0.2) is 23.3 Å². The van der Waals surface area contributed by atoms with Gasteiger partial charge < -0.3 is 10.4 Å². The molecule has 2 fully saturated rings. The molecule has 2 rings (SSSR count). The number of rotatable bonds is 3. The van der Waals surface area contributed by atoms with Gasteiger partial charge >= 0.3 is 0 Å². The van der Waals surface area contributed by atoms with Crippen molar-refractivity contribution in [1.82, 2.24) is 5.32 Å². The molecule has 0 saturated heterocycles. The first-order valence-electron chi connectivity index (χ1n) is 8.16. The molecule has 112 valence electrons. The van der Waals surface area contributed by atoms with Crippen LogP contribution in [0.25, 0.3) is 0 Å². The summed E-state index contributed by atoms with van der Waals surface area (Å²) in [5.74, 6) is 0. The second kappa shape index (κ2) is 5.37. The maximum absolute atomic E-state index is 10.7. The van der Waals surface area contributed by atoms with Gasteiger partial charge in [-0.1, -0.05) is 34.1 Å².